The molecule has 0 atom stereocenters. The number of phenolic OH excluding ortho intramolecular Hbond substituents is 1. The van der Waals surface area contributed by atoms with Crippen molar-refractivity contribution in [3.8, 4) is 11.5 Å². The number of hydrogen-bond acceptors (Lipinski definition) is 3. The molecule has 0 unspecified atom stereocenters. The lowest BCUT2D eigenvalue weighted by Gasteiger charge is -2.10. The van der Waals surface area contributed by atoms with Crippen LogP contribution in [-0.2, 0) is 6.61 Å². The average Bonchev–Trinajstić information content (AvgIpc) is 2.36. The van der Waals surface area contributed by atoms with Gasteiger partial charge in [-0.25, -0.2) is 4.79 Å². The third-order valence-corrected chi connectivity index (χ3v) is 2.81. The summed E-state index contributed by atoms with van der Waals surface area (Å²) in [6.45, 7) is 0.148. The summed E-state index contributed by atoms with van der Waals surface area (Å²) < 4.78 is 5.44. The fourth-order valence-electron chi connectivity index (χ4n) is 1.64. The Hall–Kier alpha value is -2.20. The molecule has 19 heavy (non-hydrogen) atoms. The zero-order valence-corrected chi connectivity index (χ0v) is 10.6. The SMILES string of the molecule is O=C(O)c1c(Cl)cccc1OCc1cccc(O)c1. The van der Waals surface area contributed by atoms with Gasteiger partial charge in [0.15, 0.2) is 0 Å². The number of aromatic carboxylic acids is 1. The number of aromatic hydroxyl groups is 1. The Balaban J connectivity index is 2.20. The van der Waals surface area contributed by atoms with E-state index in [1.807, 2.05) is 0 Å². The number of halogens is 1. The van der Waals surface area contributed by atoms with Crippen molar-refractivity contribution in [2.45, 2.75) is 6.61 Å². The van der Waals surface area contributed by atoms with Gasteiger partial charge in [-0.15, -0.1) is 0 Å². The van der Waals surface area contributed by atoms with E-state index in [-0.39, 0.29) is 28.7 Å². The quantitative estimate of drug-likeness (QED) is 0.900. The molecule has 0 aliphatic carbocycles. The summed E-state index contributed by atoms with van der Waals surface area (Å²) in [5.41, 5.74) is 0.667. The predicted molar refractivity (Wildman–Crippen MR) is 70.9 cm³/mol. The fraction of sp³-hybridized carbons (Fsp3) is 0.0714. The van der Waals surface area contributed by atoms with Gasteiger partial charge >= 0.3 is 5.97 Å². The van der Waals surface area contributed by atoms with E-state index in [1.54, 1.807) is 30.3 Å². The summed E-state index contributed by atoms with van der Waals surface area (Å²) in [5, 5.41) is 18.5. The van der Waals surface area contributed by atoms with Crippen LogP contribution in [0.4, 0.5) is 0 Å². The zero-order chi connectivity index (χ0) is 13.8. The smallest absolute Gasteiger partial charge is 0.341 e. The molecule has 5 heteroatoms. The maximum absolute atomic E-state index is 11.1. The largest absolute Gasteiger partial charge is 0.508 e. The van der Waals surface area contributed by atoms with Crippen molar-refractivity contribution in [3.63, 3.8) is 0 Å². The van der Waals surface area contributed by atoms with Crippen molar-refractivity contribution in [3.05, 3.63) is 58.6 Å². The van der Waals surface area contributed by atoms with Crippen molar-refractivity contribution in [1.82, 2.24) is 0 Å². The first-order valence-corrected chi connectivity index (χ1v) is 5.88. The molecule has 0 spiro atoms. The minimum atomic E-state index is -1.14. The molecule has 0 radical (unpaired) electrons. The lowest BCUT2D eigenvalue weighted by molar-refractivity contribution is 0.0692. The lowest BCUT2D eigenvalue weighted by atomic mass is 10.2. The van der Waals surface area contributed by atoms with E-state index in [4.69, 9.17) is 21.4 Å². The van der Waals surface area contributed by atoms with Gasteiger partial charge in [0.05, 0.1) is 5.02 Å². The Morgan fingerprint density at radius 1 is 1.21 bits per heavy atom. The molecule has 98 valence electrons. The molecular formula is C14H11ClO4. The minimum Gasteiger partial charge on any atom is -0.508 e. The van der Waals surface area contributed by atoms with Gasteiger partial charge in [-0.3, -0.25) is 0 Å². The van der Waals surface area contributed by atoms with Crippen LogP contribution in [-0.4, -0.2) is 16.2 Å². The topological polar surface area (TPSA) is 66.8 Å². The highest BCUT2D eigenvalue weighted by molar-refractivity contribution is 6.33. The van der Waals surface area contributed by atoms with E-state index in [0.717, 1.165) is 5.56 Å². The van der Waals surface area contributed by atoms with Gasteiger partial charge < -0.3 is 14.9 Å². The molecule has 2 aromatic carbocycles. The third kappa shape index (κ3) is 3.17. The Labute approximate surface area is 114 Å². The van der Waals surface area contributed by atoms with Crippen LogP contribution in [0.3, 0.4) is 0 Å². The normalized spacial score (nSPS) is 10.2. The van der Waals surface area contributed by atoms with Crippen LogP contribution >= 0.6 is 11.6 Å². The number of hydrogen-bond donors (Lipinski definition) is 2. The second kappa shape index (κ2) is 5.63. The van der Waals surface area contributed by atoms with Crippen LogP contribution in [0.25, 0.3) is 0 Å². The van der Waals surface area contributed by atoms with Crippen molar-refractivity contribution < 1.29 is 19.7 Å². The van der Waals surface area contributed by atoms with E-state index in [2.05, 4.69) is 0 Å². The third-order valence-electron chi connectivity index (χ3n) is 2.49. The highest BCUT2D eigenvalue weighted by Gasteiger charge is 2.15. The monoisotopic (exact) mass is 278 g/mol. The van der Waals surface area contributed by atoms with Gasteiger partial charge in [-0.1, -0.05) is 29.8 Å². The lowest BCUT2D eigenvalue weighted by Crippen LogP contribution is -2.04. The van der Waals surface area contributed by atoms with Crippen LogP contribution in [0.5, 0.6) is 11.5 Å². The minimum absolute atomic E-state index is 0.0654. The Morgan fingerprint density at radius 3 is 2.63 bits per heavy atom. The summed E-state index contributed by atoms with van der Waals surface area (Å²) in [6, 6.07) is 11.2. The molecule has 0 amide bonds. The van der Waals surface area contributed by atoms with E-state index < -0.39 is 5.97 Å². The van der Waals surface area contributed by atoms with E-state index in [9.17, 15) is 9.90 Å². The van der Waals surface area contributed by atoms with E-state index in [1.165, 1.54) is 12.1 Å². The Kier molecular flexibility index (Phi) is 3.92. The molecule has 4 nitrogen and oxygen atoms in total. The summed E-state index contributed by atoms with van der Waals surface area (Å²) in [6.07, 6.45) is 0. The van der Waals surface area contributed by atoms with Crippen LogP contribution in [0, 0.1) is 0 Å². The van der Waals surface area contributed by atoms with E-state index in [0.29, 0.717) is 0 Å². The van der Waals surface area contributed by atoms with Crippen LogP contribution in [0.1, 0.15) is 15.9 Å². The van der Waals surface area contributed by atoms with Crippen molar-refractivity contribution in [2.24, 2.45) is 0 Å². The number of ether oxygens (including phenoxy) is 1. The van der Waals surface area contributed by atoms with Crippen LogP contribution < -0.4 is 4.74 Å². The molecule has 0 aliphatic rings. The number of carboxylic acid groups (broad SMARTS) is 1. The molecule has 2 N–H and O–H groups in total. The Morgan fingerprint density at radius 2 is 1.95 bits per heavy atom. The molecule has 0 bridgehead atoms. The summed E-state index contributed by atoms with van der Waals surface area (Å²) in [4.78, 5) is 11.1. The van der Waals surface area contributed by atoms with Gasteiger partial charge in [0.1, 0.15) is 23.7 Å². The van der Waals surface area contributed by atoms with Crippen LogP contribution in [0.2, 0.25) is 5.02 Å². The van der Waals surface area contributed by atoms with Gasteiger partial charge in [0.25, 0.3) is 0 Å². The molecular weight excluding hydrogens is 268 g/mol. The molecule has 0 heterocycles. The number of phenols is 1. The predicted octanol–water partition coefficient (Wildman–Crippen LogP) is 3.32. The first-order chi connectivity index (χ1) is 9.08. The van der Waals surface area contributed by atoms with Gasteiger partial charge in [0, 0.05) is 0 Å². The number of carboxylic acids is 1. The van der Waals surface area contributed by atoms with E-state index >= 15 is 0 Å². The maximum Gasteiger partial charge on any atom is 0.341 e. The fourth-order valence-corrected chi connectivity index (χ4v) is 1.89. The number of carbonyl (C=O) groups is 1. The number of rotatable bonds is 4. The summed E-state index contributed by atoms with van der Waals surface area (Å²) in [7, 11) is 0. The summed E-state index contributed by atoms with van der Waals surface area (Å²) >= 11 is 5.83. The standard InChI is InChI=1S/C14H11ClO4/c15-11-5-2-6-12(13(11)14(17)18)19-8-9-3-1-4-10(16)7-9/h1-7,16H,8H2,(H,17,18). The van der Waals surface area contributed by atoms with Gasteiger partial charge in [-0.05, 0) is 29.8 Å². The Bertz CT molecular complexity index is 610. The molecule has 0 aliphatic heterocycles. The number of benzene rings is 2. The second-order valence-electron chi connectivity index (χ2n) is 3.88. The highest BCUT2D eigenvalue weighted by atomic mass is 35.5. The summed E-state index contributed by atoms with van der Waals surface area (Å²) in [5.74, 6) is -0.814. The molecule has 2 aromatic rings. The van der Waals surface area contributed by atoms with Gasteiger partial charge in [-0.2, -0.15) is 0 Å². The van der Waals surface area contributed by atoms with Gasteiger partial charge in [0.2, 0.25) is 0 Å². The molecule has 0 saturated carbocycles. The molecule has 0 aromatic heterocycles. The van der Waals surface area contributed by atoms with Crippen molar-refractivity contribution in [1.29, 1.82) is 0 Å². The molecule has 2 rings (SSSR count). The maximum atomic E-state index is 11.1. The second-order valence-corrected chi connectivity index (χ2v) is 4.28. The zero-order valence-electron chi connectivity index (χ0n) is 9.84. The van der Waals surface area contributed by atoms with Crippen molar-refractivity contribution in [2.75, 3.05) is 0 Å². The first-order valence-electron chi connectivity index (χ1n) is 5.50. The first kappa shape index (κ1) is 13.2. The van der Waals surface area contributed by atoms with Crippen molar-refractivity contribution >= 4 is 17.6 Å². The molecule has 0 fully saturated rings. The average molecular weight is 279 g/mol. The highest BCUT2D eigenvalue weighted by Crippen LogP contribution is 2.27. The van der Waals surface area contributed by atoms with Crippen LogP contribution in [0.15, 0.2) is 42.5 Å². The molecule has 0 saturated heterocycles.